The highest BCUT2D eigenvalue weighted by Crippen LogP contribution is 2.38. The van der Waals surface area contributed by atoms with Crippen LogP contribution in [0.4, 0.5) is 0 Å². The van der Waals surface area contributed by atoms with Gasteiger partial charge in [0.05, 0.1) is 11.4 Å². The Bertz CT molecular complexity index is 1750. The number of aromatic nitrogens is 2. The minimum absolute atomic E-state index is 0.0502. The number of rotatable bonds is 5. The van der Waals surface area contributed by atoms with E-state index < -0.39 is 0 Å². The molecule has 0 saturated carbocycles. The molecule has 0 aliphatic carbocycles. The van der Waals surface area contributed by atoms with Crippen molar-refractivity contribution in [3.8, 4) is 22.6 Å². The van der Waals surface area contributed by atoms with Gasteiger partial charge in [-0.15, -0.1) is 0 Å². The van der Waals surface area contributed by atoms with Gasteiger partial charge in [0.2, 0.25) is 0 Å². The fourth-order valence-corrected chi connectivity index (χ4v) is 5.64. The van der Waals surface area contributed by atoms with E-state index in [0.717, 1.165) is 34.8 Å². The van der Waals surface area contributed by atoms with Gasteiger partial charge in [-0.3, -0.25) is 0 Å². The fourth-order valence-electron chi connectivity index (χ4n) is 5.64. The molecule has 1 heterocycles. The molecule has 0 bridgehead atoms. The Morgan fingerprint density at radius 2 is 1.20 bits per heavy atom. The molecule has 0 N–H and O–H groups in total. The average Bonchev–Trinajstić information content (AvgIpc) is 2.97. The van der Waals surface area contributed by atoms with Crippen molar-refractivity contribution in [2.75, 3.05) is 0 Å². The van der Waals surface area contributed by atoms with E-state index in [2.05, 4.69) is 126 Å². The Morgan fingerprint density at radius 3 is 1.90 bits per heavy atom. The van der Waals surface area contributed by atoms with Gasteiger partial charge in [-0.05, 0) is 50.6 Å². The summed E-state index contributed by atoms with van der Waals surface area (Å²) in [7, 11) is 0. The quantitative estimate of drug-likeness (QED) is 0.211. The van der Waals surface area contributed by atoms with Crippen LogP contribution in [0.2, 0.25) is 0 Å². The lowest BCUT2D eigenvalue weighted by molar-refractivity contribution is 0.505. The zero-order valence-electron chi connectivity index (χ0n) is 24.1. The van der Waals surface area contributed by atoms with Gasteiger partial charge in [0.1, 0.15) is 0 Å². The Morgan fingerprint density at radius 1 is 0.575 bits per heavy atom. The molecule has 0 aliphatic rings. The topological polar surface area (TPSA) is 25.8 Å². The van der Waals surface area contributed by atoms with Crippen molar-refractivity contribution >= 4 is 21.5 Å². The van der Waals surface area contributed by atoms with E-state index in [1.807, 2.05) is 24.3 Å². The van der Waals surface area contributed by atoms with Gasteiger partial charge in [-0.25, -0.2) is 9.97 Å². The molecule has 6 aromatic rings. The van der Waals surface area contributed by atoms with Crippen LogP contribution in [-0.2, 0) is 17.3 Å². The van der Waals surface area contributed by atoms with Crippen LogP contribution in [0.25, 0.3) is 44.2 Å². The summed E-state index contributed by atoms with van der Waals surface area (Å²) in [5.41, 5.74) is 6.68. The lowest BCUT2D eigenvalue weighted by Gasteiger charge is -2.28. The van der Waals surface area contributed by atoms with E-state index in [0.29, 0.717) is 0 Å². The first kappa shape index (κ1) is 26.0. The van der Waals surface area contributed by atoms with E-state index in [1.54, 1.807) is 0 Å². The number of hydrogen-bond donors (Lipinski definition) is 0. The highest BCUT2D eigenvalue weighted by Gasteiger charge is 2.27. The van der Waals surface area contributed by atoms with Gasteiger partial charge >= 0.3 is 0 Å². The van der Waals surface area contributed by atoms with Crippen molar-refractivity contribution in [1.82, 2.24) is 9.97 Å². The van der Waals surface area contributed by atoms with Crippen molar-refractivity contribution in [2.45, 2.75) is 51.9 Å². The summed E-state index contributed by atoms with van der Waals surface area (Å²) >= 11 is 0. The predicted molar refractivity (Wildman–Crippen MR) is 170 cm³/mol. The number of benzene rings is 5. The van der Waals surface area contributed by atoms with Crippen molar-refractivity contribution in [1.29, 1.82) is 0 Å². The number of fused-ring (bicyclic) bond motifs is 3. The van der Waals surface area contributed by atoms with Crippen LogP contribution in [-0.4, -0.2) is 9.97 Å². The fraction of sp³-hybridized carbons (Fsp3) is 0.211. The molecular formula is C38H36N2. The second kappa shape index (κ2) is 10.0. The smallest absolute Gasteiger partial charge is 0.160 e. The molecule has 0 saturated heterocycles. The van der Waals surface area contributed by atoms with Crippen LogP contribution in [0.15, 0.2) is 115 Å². The molecule has 0 atom stereocenters. The van der Waals surface area contributed by atoms with Crippen LogP contribution in [0.5, 0.6) is 0 Å². The summed E-state index contributed by atoms with van der Waals surface area (Å²) in [6, 6.07) is 41.0. The summed E-state index contributed by atoms with van der Waals surface area (Å²) in [5, 5.41) is 5.23. The largest absolute Gasteiger partial charge is 0.232 e. The Hall–Kier alpha value is -4.30. The highest BCUT2D eigenvalue weighted by molar-refractivity contribution is 6.09. The van der Waals surface area contributed by atoms with Crippen molar-refractivity contribution in [3.05, 3.63) is 132 Å². The summed E-state index contributed by atoms with van der Waals surface area (Å²) < 4.78 is 0. The van der Waals surface area contributed by atoms with Crippen LogP contribution in [0.1, 0.15) is 51.4 Å². The summed E-state index contributed by atoms with van der Waals surface area (Å²) in [6.07, 6.45) is 0.862. The second-order valence-electron chi connectivity index (χ2n) is 12.5. The molecule has 6 rings (SSSR count). The maximum atomic E-state index is 5.20. The van der Waals surface area contributed by atoms with Crippen LogP contribution in [0.3, 0.4) is 0 Å². The highest BCUT2D eigenvalue weighted by atomic mass is 14.9. The molecule has 2 nitrogen and oxygen atoms in total. The van der Waals surface area contributed by atoms with Crippen LogP contribution < -0.4 is 0 Å². The Kier molecular flexibility index (Phi) is 6.50. The molecular weight excluding hydrogens is 484 g/mol. The average molecular weight is 521 g/mol. The molecule has 1 aromatic heterocycles. The summed E-state index contributed by atoms with van der Waals surface area (Å²) in [6.45, 7) is 11.5. The molecule has 0 aliphatic heterocycles. The van der Waals surface area contributed by atoms with Crippen LogP contribution >= 0.6 is 0 Å². The van der Waals surface area contributed by atoms with Gasteiger partial charge in [0, 0.05) is 16.5 Å². The SMILES string of the molecule is CC(C)(C)c1cc(CC(C)(C)c2cc(-c3ccccc3)nc(-c3ccccc3)n2)c2c(ccc3ccccc32)c1. The molecule has 0 fully saturated rings. The van der Waals surface area contributed by atoms with Crippen molar-refractivity contribution < 1.29 is 0 Å². The molecule has 0 unspecified atom stereocenters. The second-order valence-corrected chi connectivity index (χ2v) is 12.5. The molecule has 0 amide bonds. The molecule has 40 heavy (non-hydrogen) atoms. The Balaban J connectivity index is 1.54. The monoisotopic (exact) mass is 520 g/mol. The predicted octanol–water partition coefficient (Wildman–Crippen LogP) is 9.93. The minimum Gasteiger partial charge on any atom is -0.232 e. The van der Waals surface area contributed by atoms with E-state index >= 15 is 0 Å². The normalized spacial score (nSPS) is 12.2. The van der Waals surface area contributed by atoms with Gasteiger partial charge in [-0.1, -0.05) is 144 Å². The molecule has 2 heteroatoms. The molecule has 0 spiro atoms. The van der Waals surface area contributed by atoms with E-state index in [9.17, 15) is 0 Å². The first-order valence-electron chi connectivity index (χ1n) is 14.1. The van der Waals surface area contributed by atoms with Gasteiger partial charge in [0.25, 0.3) is 0 Å². The van der Waals surface area contributed by atoms with E-state index in [4.69, 9.17) is 9.97 Å². The zero-order valence-corrected chi connectivity index (χ0v) is 24.1. The summed E-state index contributed by atoms with van der Waals surface area (Å²) in [4.78, 5) is 10.2. The third-order valence-electron chi connectivity index (χ3n) is 7.94. The molecule has 0 radical (unpaired) electrons. The lowest BCUT2D eigenvalue weighted by Crippen LogP contribution is -2.24. The Labute approximate surface area is 237 Å². The maximum Gasteiger partial charge on any atom is 0.160 e. The third-order valence-corrected chi connectivity index (χ3v) is 7.94. The van der Waals surface area contributed by atoms with Crippen molar-refractivity contribution in [2.24, 2.45) is 0 Å². The first-order valence-corrected chi connectivity index (χ1v) is 14.1. The third kappa shape index (κ3) is 5.02. The van der Waals surface area contributed by atoms with E-state index in [-0.39, 0.29) is 10.8 Å². The van der Waals surface area contributed by atoms with Crippen molar-refractivity contribution in [3.63, 3.8) is 0 Å². The number of hydrogen-bond acceptors (Lipinski definition) is 2. The van der Waals surface area contributed by atoms with Gasteiger partial charge in [0.15, 0.2) is 5.82 Å². The molecule has 198 valence electrons. The molecule has 5 aromatic carbocycles. The van der Waals surface area contributed by atoms with Crippen LogP contribution in [0, 0.1) is 0 Å². The maximum absolute atomic E-state index is 5.20. The lowest BCUT2D eigenvalue weighted by atomic mass is 9.77. The van der Waals surface area contributed by atoms with Gasteiger partial charge in [-0.2, -0.15) is 0 Å². The number of nitrogens with zero attached hydrogens (tertiary/aromatic N) is 2. The van der Waals surface area contributed by atoms with E-state index in [1.165, 1.54) is 32.7 Å². The minimum atomic E-state index is -0.240. The standard InChI is InChI=1S/C38H36N2/c1-37(2,3)31-22-29-21-20-26-14-12-13-19-32(26)35(29)30(23-31)25-38(4,5)34-24-33(27-15-8-6-9-16-27)39-36(40-34)28-17-10-7-11-18-28/h6-24H,25H2,1-5H3. The zero-order chi connectivity index (χ0) is 27.9. The van der Waals surface area contributed by atoms with Gasteiger partial charge < -0.3 is 0 Å². The first-order chi connectivity index (χ1) is 19.2. The summed E-state index contributed by atoms with van der Waals surface area (Å²) in [5.74, 6) is 0.767.